The van der Waals surface area contributed by atoms with Gasteiger partial charge in [-0.2, -0.15) is 0 Å². The third-order valence-electron chi connectivity index (χ3n) is 2.33. The number of rotatable bonds is 5. The molecule has 2 nitrogen and oxygen atoms in total. The molecule has 0 rings (SSSR count). The maximum atomic E-state index is 5.78. The maximum absolute atomic E-state index is 5.78. The highest BCUT2D eigenvalue weighted by molar-refractivity contribution is 4.85. The molecule has 0 aromatic carbocycles. The number of hydrogen-bond acceptors (Lipinski definition) is 2. The van der Waals surface area contributed by atoms with Crippen LogP contribution in [0.15, 0.2) is 12.3 Å². The van der Waals surface area contributed by atoms with E-state index >= 15 is 0 Å². The number of hydrazine groups is 1. The van der Waals surface area contributed by atoms with Gasteiger partial charge in [0.1, 0.15) is 0 Å². The normalized spacial score (nSPS) is 16.4. The second-order valence-corrected chi connectivity index (χ2v) is 3.43. The average Bonchev–Trinajstić information content (AvgIpc) is 2.11. The lowest BCUT2D eigenvalue weighted by Gasteiger charge is -2.21. The van der Waals surface area contributed by atoms with E-state index in [-0.39, 0.29) is 0 Å². The Morgan fingerprint density at radius 2 is 1.83 bits per heavy atom. The number of nitrogens with zero attached hydrogens (tertiary/aromatic N) is 1. The smallest absolute Gasteiger partial charge is 0.0414 e. The van der Waals surface area contributed by atoms with Gasteiger partial charge in [-0.3, -0.25) is 0 Å². The summed E-state index contributed by atoms with van der Waals surface area (Å²) in [5, 5.41) is 1.78. The number of nitrogens with two attached hydrogens (primary N) is 1. The maximum Gasteiger partial charge on any atom is 0.0414 e. The monoisotopic (exact) mass is 170 g/mol. The Bertz CT molecular complexity index is 132. The largest absolute Gasteiger partial charge is 0.316 e. The highest BCUT2D eigenvalue weighted by atomic mass is 15.4. The van der Waals surface area contributed by atoms with Crippen molar-refractivity contribution < 1.29 is 0 Å². The van der Waals surface area contributed by atoms with Gasteiger partial charge in [0.2, 0.25) is 0 Å². The summed E-state index contributed by atoms with van der Waals surface area (Å²) in [5.74, 6) is 6.40. The highest BCUT2D eigenvalue weighted by Gasteiger charge is 2.01. The molecule has 0 heterocycles. The zero-order valence-electron chi connectivity index (χ0n) is 8.75. The summed E-state index contributed by atoms with van der Waals surface area (Å²) < 4.78 is 0. The molecular formula is C10H22N2. The van der Waals surface area contributed by atoms with E-state index in [2.05, 4.69) is 33.8 Å². The van der Waals surface area contributed by atoms with Crippen molar-refractivity contribution in [3.05, 3.63) is 12.3 Å². The van der Waals surface area contributed by atoms with Crippen LogP contribution in [0.3, 0.4) is 0 Å². The van der Waals surface area contributed by atoms with E-state index in [0.29, 0.717) is 12.0 Å². The third kappa shape index (κ3) is 4.39. The number of allylic oxidation sites excluding steroid dienone is 1. The van der Waals surface area contributed by atoms with E-state index in [4.69, 9.17) is 5.84 Å². The molecule has 0 aliphatic rings. The van der Waals surface area contributed by atoms with Crippen molar-refractivity contribution in [2.24, 2.45) is 11.8 Å². The van der Waals surface area contributed by atoms with Crippen molar-refractivity contribution >= 4 is 0 Å². The van der Waals surface area contributed by atoms with Crippen molar-refractivity contribution in [1.29, 1.82) is 0 Å². The Kier molecular flexibility index (Phi) is 5.81. The van der Waals surface area contributed by atoms with Crippen LogP contribution < -0.4 is 5.84 Å². The fourth-order valence-corrected chi connectivity index (χ4v) is 0.740. The van der Waals surface area contributed by atoms with Gasteiger partial charge in [-0.25, -0.2) is 5.84 Å². The minimum Gasteiger partial charge on any atom is -0.316 e. The summed E-state index contributed by atoms with van der Waals surface area (Å²) in [5.41, 5.74) is 0. The Morgan fingerprint density at radius 1 is 1.25 bits per heavy atom. The van der Waals surface area contributed by atoms with Gasteiger partial charge in [0, 0.05) is 12.2 Å². The molecule has 72 valence electrons. The predicted molar refractivity (Wildman–Crippen MR) is 54.4 cm³/mol. The lowest BCUT2D eigenvalue weighted by atomic mass is 10.1. The Morgan fingerprint density at radius 3 is 2.25 bits per heavy atom. The van der Waals surface area contributed by atoms with Gasteiger partial charge in [-0.05, 0) is 19.3 Å². The second-order valence-electron chi connectivity index (χ2n) is 3.43. The van der Waals surface area contributed by atoms with E-state index in [1.54, 1.807) is 5.01 Å². The summed E-state index contributed by atoms with van der Waals surface area (Å²) in [6, 6.07) is 0.435. The molecule has 2 atom stereocenters. The Balaban J connectivity index is 3.81. The molecule has 2 unspecified atom stereocenters. The molecule has 2 N–H and O–H groups in total. The van der Waals surface area contributed by atoms with Crippen molar-refractivity contribution in [1.82, 2.24) is 5.01 Å². The van der Waals surface area contributed by atoms with Crippen LogP contribution in [-0.4, -0.2) is 11.1 Å². The molecule has 0 fully saturated rings. The van der Waals surface area contributed by atoms with Crippen LogP contribution in [0.5, 0.6) is 0 Å². The van der Waals surface area contributed by atoms with Gasteiger partial charge < -0.3 is 5.01 Å². The molecule has 0 saturated heterocycles. The van der Waals surface area contributed by atoms with Crippen molar-refractivity contribution in [2.45, 2.75) is 46.6 Å². The summed E-state index contributed by atoms with van der Waals surface area (Å²) in [4.78, 5) is 0. The minimum atomic E-state index is 0.435. The fourth-order valence-electron chi connectivity index (χ4n) is 0.740. The van der Waals surface area contributed by atoms with E-state index in [1.807, 2.05) is 6.20 Å². The van der Waals surface area contributed by atoms with Crippen LogP contribution >= 0.6 is 0 Å². The van der Waals surface area contributed by atoms with Crippen LogP contribution in [0.4, 0.5) is 0 Å². The predicted octanol–water partition coefficient (Wildman–Crippen LogP) is 2.52. The average molecular weight is 170 g/mol. The summed E-state index contributed by atoms with van der Waals surface area (Å²) in [6.45, 7) is 8.64. The molecule has 2 heteroatoms. The SMILES string of the molecule is CCC(C)/C=C\N(N)C(C)CC. The topological polar surface area (TPSA) is 29.3 Å². The molecule has 0 aliphatic heterocycles. The van der Waals surface area contributed by atoms with Crippen LogP contribution in [-0.2, 0) is 0 Å². The van der Waals surface area contributed by atoms with Gasteiger partial charge in [0.25, 0.3) is 0 Å². The van der Waals surface area contributed by atoms with Crippen molar-refractivity contribution in [3.8, 4) is 0 Å². The first kappa shape index (κ1) is 11.5. The fraction of sp³-hybridized carbons (Fsp3) is 0.800. The molecule has 0 saturated carbocycles. The Hall–Kier alpha value is -0.500. The molecule has 0 bridgehead atoms. The van der Waals surface area contributed by atoms with Crippen molar-refractivity contribution in [2.75, 3.05) is 0 Å². The Labute approximate surface area is 76.4 Å². The molecular weight excluding hydrogens is 148 g/mol. The molecule has 0 aromatic rings. The molecule has 0 aromatic heterocycles. The molecule has 0 amide bonds. The molecule has 0 radical (unpaired) electrons. The first-order valence-electron chi connectivity index (χ1n) is 4.83. The molecule has 0 aliphatic carbocycles. The van der Waals surface area contributed by atoms with E-state index in [1.165, 1.54) is 6.42 Å². The number of hydrogen-bond donors (Lipinski definition) is 1. The summed E-state index contributed by atoms with van der Waals surface area (Å²) >= 11 is 0. The van der Waals surface area contributed by atoms with E-state index in [0.717, 1.165) is 6.42 Å². The lowest BCUT2D eigenvalue weighted by molar-refractivity contribution is 0.294. The standard InChI is InChI=1S/C10H22N2/c1-5-9(3)7-8-12(11)10(4)6-2/h7-10H,5-6,11H2,1-4H3/b8-7-. The second kappa shape index (κ2) is 6.06. The van der Waals surface area contributed by atoms with Crippen LogP contribution in [0, 0.1) is 5.92 Å². The van der Waals surface area contributed by atoms with E-state index in [9.17, 15) is 0 Å². The van der Waals surface area contributed by atoms with E-state index < -0.39 is 0 Å². The molecule has 0 spiro atoms. The van der Waals surface area contributed by atoms with Gasteiger partial charge in [0.05, 0.1) is 0 Å². The minimum absolute atomic E-state index is 0.435. The van der Waals surface area contributed by atoms with Crippen LogP contribution in [0.2, 0.25) is 0 Å². The zero-order valence-corrected chi connectivity index (χ0v) is 8.75. The highest BCUT2D eigenvalue weighted by Crippen LogP contribution is 2.04. The van der Waals surface area contributed by atoms with Crippen LogP contribution in [0.25, 0.3) is 0 Å². The first-order chi connectivity index (χ1) is 5.61. The van der Waals surface area contributed by atoms with Gasteiger partial charge >= 0.3 is 0 Å². The first-order valence-corrected chi connectivity index (χ1v) is 4.83. The van der Waals surface area contributed by atoms with Crippen molar-refractivity contribution in [3.63, 3.8) is 0 Å². The van der Waals surface area contributed by atoms with Gasteiger partial charge in [0.15, 0.2) is 0 Å². The quantitative estimate of drug-likeness (QED) is 0.507. The third-order valence-corrected chi connectivity index (χ3v) is 2.33. The van der Waals surface area contributed by atoms with Gasteiger partial charge in [-0.15, -0.1) is 0 Å². The van der Waals surface area contributed by atoms with Crippen LogP contribution in [0.1, 0.15) is 40.5 Å². The zero-order chi connectivity index (χ0) is 9.56. The molecule has 12 heavy (non-hydrogen) atoms. The summed E-state index contributed by atoms with van der Waals surface area (Å²) in [6.07, 6.45) is 6.40. The lowest BCUT2D eigenvalue weighted by Crippen LogP contribution is -2.33. The summed E-state index contributed by atoms with van der Waals surface area (Å²) in [7, 11) is 0. The van der Waals surface area contributed by atoms with Gasteiger partial charge in [-0.1, -0.05) is 33.3 Å².